The molecule has 124 valence electrons. The van der Waals surface area contributed by atoms with E-state index in [1.54, 1.807) is 12.1 Å². The molecule has 3 heterocycles. The van der Waals surface area contributed by atoms with Crippen LogP contribution >= 0.6 is 0 Å². The first-order valence-electron chi connectivity index (χ1n) is 7.45. The van der Waals surface area contributed by atoms with Crippen molar-refractivity contribution in [1.29, 1.82) is 5.26 Å². The summed E-state index contributed by atoms with van der Waals surface area (Å²) >= 11 is 0. The maximum atomic E-state index is 12.6. The van der Waals surface area contributed by atoms with Gasteiger partial charge in [0.15, 0.2) is 0 Å². The number of morpholine rings is 1. The molecule has 3 rings (SSSR count). The summed E-state index contributed by atoms with van der Waals surface area (Å²) in [6, 6.07) is 5.17. The van der Waals surface area contributed by atoms with E-state index in [9.17, 15) is 8.42 Å². The van der Waals surface area contributed by atoms with E-state index in [2.05, 4.69) is 4.98 Å². The van der Waals surface area contributed by atoms with Crippen LogP contribution in [0, 0.1) is 11.3 Å². The van der Waals surface area contributed by atoms with Gasteiger partial charge in [0.25, 0.3) is 10.2 Å². The van der Waals surface area contributed by atoms with Gasteiger partial charge in [-0.3, -0.25) is 0 Å². The first-order chi connectivity index (χ1) is 11.1. The Kier molecular flexibility index (Phi) is 4.77. The van der Waals surface area contributed by atoms with Crippen LogP contribution < -0.4 is 4.74 Å². The highest BCUT2D eigenvalue weighted by Gasteiger charge is 2.37. The minimum atomic E-state index is -3.47. The molecule has 1 unspecified atom stereocenters. The summed E-state index contributed by atoms with van der Waals surface area (Å²) in [7, 11) is -3.47. The van der Waals surface area contributed by atoms with Gasteiger partial charge < -0.3 is 9.47 Å². The Morgan fingerprint density at radius 2 is 2.09 bits per heavy atom. The van der Waals surface area contributed by atoms with Gasteiger partial charge in [0.2, 0.25) is 5.88 Å². The zero-order valence-electron chi connectivity index (χ0n) is 12.6. The van der Waals surface area contributed by atoms with Crippen LogP contribution in [0.4, 0.5) is 0 Å². The molecule has 2 saturated heterocycles. The fraction of sp³-hybridized carbons (Fsp3) is 0.571. The van der Waals surface area contributed by atoms with Gasteiger partial charge in [-0.1, -0.05) is 0 Å². The van der Waals surface area contributed by atoms with Crippen molar-refractivity contribution >= 4 is 10.2 Å². The summed E-state index contributed by atoms with van der Waals surface area (Å²) in [5, 5.41) is 8.88. The normalized spacial score (nSPS) is 23.5. The van der Waals surface area contributed by atoms with Crippen molar-refractivity contribution in [3.8, 4) is 11.9 Å². The minimum absolute atomic E-state index is 0.257. The van der Waals surface area contributed by atoms with E-state index in [4.69, 9.17) is 14.7 Å². The fourth-order valence-corrected chi connectivity index (χ4v) is 4.29. The Labute approximate surface area is 135 Å². The molecule has 0 radical (unpaired) electrons. The number of hydrogen-bond donors (Lipinski definition) is 0. The van der Waals surface area contributed by atoms with Crippen molar-refractivity contribution in [2.45, 2.75) is 12.5 Å². The number of hydrogen-bond acceptors (Lipinski definition) is 6. The van der Waals surface area contributed by atoms with Gasteiger partial charge >= 0.3 is 0 Å². The van der Waals surface area contributed by atoms with Gasteiger partial charge in [-0.25, -0.2) is 4.98 Å². The van der Waals surface area contributed by atoms with Gasteiger partial charge in [0, 0.05) is 31.9 Å². The molecule has 0 bridgehead atoms. The molecule has 9 heteroatoms. The number of nitriles is 1. The molecule has 0 amide bonds. The summed E-state index contributed by atoms with van der Waals surface area (Å²) in [5.74, 6) is 0.347. The highest BCUT2D eigenvalue weighted by Crippen LogP contribution is 2.21. The van der Waals surface area contributed by atoms with Crippen LogP contribution in [-0.4, -0.2) is 67.5 Å². The number of ether oxygens (including phenoxy) is 2. The fourth-order valence-electron chi connectivity index (χ4n) is 2.66. The van der Waals surface area contributed by atoms with Crippen molar-refractivity contribution < 1.29 is 17.9 Å². The standard InChI is InChI=1S/C14H18N4O4S/c15-10-12-1-3-16-14(9-12)22-13-2-4-18(11-13)23(19,20)17-5-7-21-8-6-17/h1,3,9,13H,2,4-8,11H2. The van der Waals surface area contributed by atoms with Gasteiger partial charge in [-0.15, -0.1) is 0 Å². The molecule has 1 atom stereocenters. The van der Waals surface area contributed by atoms with Crippen LogP contribution in [0.2, 0.25) is 0 Å². The monoisotopic (exact) mass is 338 g/mol. The van der Waals surface area contributed by atoms with E-state index in [1.165, 1.54) is 14.8 Å². The molecular weight excluding hydrogens is 320 g/mol. The number of rotatable bonds is 4. The van der Waals surface area contributed by atoms with Gasteiger partial charge in [0.05, 0.1) is 31.4 Å². The van der Waals surface area contributed by atoms with Crippen LogP contribution in [0.5, 0.6) is 5.88 Å². The molecular formula is C14H18N4O4S. The van der Waals surface area contributed by atoms with Crippen LogP contribution in [0.25, 0.3) is 0 Å². The molecule has 1 aromatic heterocycles. The first kappa shape index (κ1) is 16.1. The second-order valence-electron chi connectivity index (χ2n) is 5.40. The Morgan fingerprint density at radius 1 is 1.30 bits per heavy atom. The highest BCUT2D eigenvalue weighted by molar-refractivity contribution is 7.86. The lowest BCUT2D eigenvalue weighted by Gasteiger charge is -2.29. The van der Waals surface area contributed by atoms with Gasteiger partial charge in [-0.05, 0) is 12.5 Å². The Morgan fingerprint density at radius 3 is 2.83 bits per heavy atom. The van der Waals surface area contributed by atoms with Crippen molar-refractivity contribution in [1.82, 2.24) is 13.6 Å². The summed E-state index contributed by atoms with van der Waals surface area (Å²) < 4.78 is 38.9. The molecule has 2 fully saturated rings. The topological polar surface area (TPSA) is 95.8 Å². The van der Waals surface area contributed by atoms with E-state index >= 15 is 0 Å². The van der Waals surface area contributed by atoms with Crippen LogP contribution in [-0.2, 0) is 14.9 Å². The summed E-state index contributed by atoms with van der Waals surface area (Å²) in [5.41, 5.74) is 0.464. The molecule has 8 nitrogen and oxygen atoms in total. The zero-order chi connectivity index (χ0) is 16.3. The third-order valence-electron chi connectivity index (χ3n) is 3.88. The number of aromatic nitrogens is 1. The smallest absolute Gasteiger partial charge is 0.282 e. The second kappa shape index (κ2) is 6.80. The first-order valence-corrected chi connectivity index (χ1v) is 8.85. The predicted octanol–water partition coefficient (Wildman–Crippen LogP) is -0.0166. The maximum Gasteiger partial charge on any atom is 0.282 e. The second-order valence-corrected chi connectivity index (χ2v) is 7.33. The van der Waals surface area contributed by atoms with E-state index in [0.717, 1.165) is 0 Å². The molecule has 0 N–H and O–H groups in total. The van der Waals surface area contributed by atoms with Gasteiger partial charge in [-0.2, -0.15) is 22.3 Å². The lowest BCUT2D eigenvalue weighted by molar-refractivity contribution is 0.0703. The maximum absolute atomic E-state index is 12.6. The van der Waals surface area contributed by atoms with E-state index in [1.807, 2.05) is 6.07 Å². The molecule has 23 heavy (non-hydrogen) atoms. The van der Waals surface area contributed by atoms with E-state index in [-0.39, 0.29) is 12.6 Å². The van der Waals surface area contributed by atoms with Crippen LogP contribution in [0.1, 0.15) is 12.0 Å². The van der Waals surface area contributed by atoms with E-state index in [0.29, 0.717) is 50.7 Å². The lowest BCUT2D eigenvalue weighted by atomic mass is 10.3. The highest BCUT2D eigenvalue weighted by atomic mass is 32.2. The zero-order valence-corrected chi connectivity index (χ0v) is 13.4. The molecule has 0 aromatic carbocycles. The van der Waals surface area contributed by atoms with Crippen molar-refractivity contribution in [3.63, 3.8) is 0 Å². The third kappa shape index (κ3) is 3.61. The lowest BCUT2D eigenvalue weighted by Crippen LogP contribution is -2.48. The molecule has 0 aliphatic carbocycles. The summed E-state index contributed by atoms with van der Waals surface area (Å²) in [4.78, 5) is 4.06. The van der Waals surface area contributed by atoms with Crippen LogP contribution in [0.3, 0.4) is 0 Å². The Balaban J connectivity index is 1.62. The largest absolute Gasteiger partial charge is 0.473 e. The molecule has 1 aromatic rings. The Bertz CT molecular complexity index is 697. The molecule has 0 saturated carbocycles. The number of nitrogens with zero attached hydrogens (tertiary/aromatic N) is 4. The third-order valence-corrected chi connectivity index (χ3v) is 5.88. The van der Waals surface area contributed by atoms with Crippen molar-refractivity contribution in [2.24, 2.45) is 0 Å². The van der Waals surface area contributed by atoms with Gasteiger partial charge in [0.1, 0.15) is 6.10 Å². The SMILES string of the molecule is N#Cc1ccnc(OC2CCN(S(=O)(=O)N3CCOCC3)C2)c1. The predicted molar refractivity (Wildman–Crippen MR) is 80.9 cm³/mol. The summed E-state index contributed by atoms with van der Waals surface area (Å²) in [6.07, 6.45) is 1.85. The molecule has 2 aliphatic heterocycles. The molecule has 2 aliphatic rings. The summed E-state index contributed by atoms with van der Waals surface area (Å²) in [6.45, 7) is 2.34. The van der Waals surface area contributed by atoms with E-state index < -0.39 is 10.2 Å². The number of pyridine rings is 1. The average molecular weight is 338 g/mol. The van der Waals surface area contributed by atoms with Crippen LogP contribution in [0.15, 0.2) is 18.3 Å². The Hall–Kier alpha value is -1.73. The quantitative estimate of drug-likeness (QED) is 0.766. The van der Waals surface area contributed by atoms with Crippen molar-refractivity contribution in [3.05, 3.63) is 23.9 Å². The average Bonchev–Trinajstić information content (AvgIpc) is 3.05. The molecule has 0 spiro atoms. The van der Waals surface area contributed by atoms with Crippen molar-refractivity contribution in [2.75, 3.05) is 39.4 Å². The minimum Gasteiger partial charge on any atom is -0.473 e.